The summed E-state index contributed by atoms with van der Waals surface area (Å²) in [5.74, 6) is 1.31. The number of carbonyl (C=O) groups excluding carboxylic acids is 1. The smallest absolute Gasteiger partial charge is 0.289 e. The van der Waals surface area contributed by atoms with Gasteiger partial charge in [0.2, 0.25) is 0 Å². The van der Waals surface area contributed by atoms with Crippen LogP contribution in [0.15, 0.2) is 27.8 Å². The zero-order chi connectivity index (χ0) is 19.8. The van der Waals surface area contributed by atoms with Crippen LogP contribution in [0.2, 0.25) is 0 Å². The van der Waals surface area contributed by atoms with Gasteiger partial charge in [-0.15, -0.1) is 24.0 Å². The van der Waals surface area contributed by atoms with Crippen molar-refractivity contribution >= 4 is 35.8 Å². The average molecular weight is 518 g/mol. The highest BCUT2D eigenvalue weighted by molar-refractivity contribution is 14.0. The highest BCUT2D eigenvalue weighted by Crippen LogP contribution is 2.09. The van der Waals surface area contributed by atoms with Crippen molar-refractivity contribution in [2.45, 2.75) is 12.8 Å². The SMILES string of the molecule is CN=C(NCCCN1CCCN(C)CC1)N1CCN(C(=O)c2ccco2)CC1.I. The van der Waals surface area contributed by atoms with E-state index in [0.29, 0.717) is 18.8 Å². The Labute approximate surface area is 191 Å². The molecule has 1 N–H and O–H groups in total. The Morgan fingerprint density at radius 3 is 2.55 bits per heavy atom. The van der Waals surface area contributed by atoms with Gasteiger partial charge in [-0.25, -0.2) is 0 Å². The number of carbonyl (C=O) groups is 1. The molecule has 3 rings (SSSR count). The number of guanidine groups is 1. The average Bonchev–Trinajstić information content (AvgIpc) is 3.18. The summed E-state index contributed by atoms with van der Waals surface area (Å²) in [6.45, 7) is 9.71. The normalized spacial score (nSPS) is 19.6. The molecule has 0 aliphatic carbocycles. The molecule has 0 bridgehead atoms. The van der Waals surface area contributed by atoms with Gasteiger partial charge in [0.25, 0.3) is 5.91 Å². The maximum atomic E-state index is 12.4. The van der Waals surface area contributed by atoms with Gasteiger partial charge in [-0.1, -0.05) is 0 Å². The van der Waals surface area contributed by atoms with E-state index >= 15 is 0 Å². The Morgan fingerprint density at radius 1 is 1.10 bits per heavy atom. The minimum Gasteiger partial charge on any atom is -0.459 e. The molecule has 9 heteroatoms. The monoisotopic (exact) mass is 518 g/mol. The topological polar surface area (TPSA) is 67.6 Å². The Hall–Kier alpha value is -1.33. The molecule has 29 heavy (non-hydrogen) atoms. The second kappa shape index (κ2) is 12.4. The van der Waals surface area contributed by atoms with Crippen LogP contribution in [0.3, 0.4) is 0 Å². The molecule has 2 aliphatic rings. The Morgan fingerprint density at radius 2 is 1.86 bits per heavy atom. The predicted molar refractivity (Wildman–Crippen MR) is 126 cm³/mol. The van der Waals surface area contributed by atoms with Gasteiger partial charge in [-0.2, -0.15) is 0 Å². The van der Waals surface area contributed by atoms with E-state index in [-0.39, 0.29) is 29.9 Å². The molecule has 0 unspecified atom stereocenters. The van der Waals surface area contributed by atoms with Gasteiger partial charge < -0.3 is 29.3 Å². The molecule has 0 radical (unpaired) electrons. The van der Waals surface area contributed by atoms with Gasteiger partial charge in [0.05, 0.1) is 6.26 Å². The maximum absolute atomic E-state index is 12.4. The number of likely N-dealkylation sites (N-methyl/N-ethyl adjacent to an activating group) is 1. The quantitative estimate of drug-likeness (QED) is 0.274. The van der Waals surface area contributed by atoms with Gasteiger partial charge in [0.1, 0.15) is 0 Å². The number of hydrogen-bond donors (Lipinski definition) is 1. The molecule has 1 aromatic heterocycles. The number of hydrogen-bond acceptors (Lipinski definition) is 5. The van der Waals surface area contributed by atoms with E-state index in [1.807, 2.05) is 11.9 Å². The lowest BCUT2D eigenvalue weighted by Crippen LogP contribution is -2.54. The number of piperazine rings is 1. The number of halogens is 1. The van der Waals surface area contributed by atoms with Gasteiger partial charge in [0, 0.05) is 52.9 Å². The molecule has 0 aromatic carbocycles. The third kappa shape index (κ3) is 7.14. The molecule has 0 spiro atoms. The van der Waals surface area contributed by atoms with Crippen LogP contribution in [0.25, 0.3) is 0 Å². The molecule has 2 saturated heterocycles. The van der Waals surface area contributed by atoms with Crippen LogP contribution < -0.4 is 5.32 Å². The maximum Gasteiger partial charge on any atom is 0.289 e. The highest BCUT2D eigenvalue weighted by atomic mass is 127. The second-order valence-electron chi connectivity index (χ2n) is 7.58. The van der Waals surface area contributed by atoms with E-state index in [2.05, 4.69) is 32.1 Å². The Kier molecular flexibility index (Phi) is 10.2. The van der Waals surface area contributed by atoms with E-state index in [4.69, 9.17) is 4.42 Å². The second-order valence-corrected chi connectivity index (χ2v) is 7.58. The van der Waals surface area contributed by atoms with Gasteiger partial charge >= 0.3 is 0 Å². The summed E-state index contributed by atoms with van der Waals surface area (Å²) in [5.41, 5.74) is 0. The van der Waals surface area contributed by atoms with Gasteiger partial charge in [-0.05, 0) is 51.7 Å². The fourth-order valence-corrected chi connectivity index (χ4v) is 3.84. The van der Waals surface area contributed by atoms with Crippen LogP contribution >= 0.6 is 24.0 Å². The fraction of sp³-hybridized carbons (Fsp3) is 0.700. The van der Waals surface area contributed by atoms with Crippen molar-refractivity contribution in [2.24, 2.45) is 4.99 Å². The van der Waals surface area contributed by atoms with Crippen LogP contribution in [-0.2, 0) is 0 Å². The highest BCUT2D eigenvalue weighted by Gasteiger charge is 2.25. The van der Waals surface area contributed by atoms with Crippen LogP contribution in [0, 0.1) is 0 Å². The van der Waals surface area contributed by atoms with E-state index in [1.165, 1.54) is 19.5 Å². The van der Waals surface area contributed by atoms with Gasteiger partial charge in [-0.3, -0.25) is 9.79 Å². The van der Waals surface area contributed by atoms with Crippen molar-refractivity contribution in [3.8, 4) is 0 Å². The minimum absolute atomic E-state index is 0. The first-order valence-corrected chi connectivity index (χ1v) is 10.4. The third-order valence-corrected chi connectivity index (χ3v) is 5.56. The molecular weight excluding hydrogens is 483 g/mol. The first-order valence-electron chi connectivity index (χ1n) is 10.4. The van der Waals surface area contributed by atoms with Crippen molar-refractivity contribution in [1.82, 2.24) is 24.9 Å². The molecule has 1 amide bonds. The Bertz CT molecular complexity index is 631. The lowest BCUT2D eigenvalue weighted by Gasteiger charge is -2.36. The minimum atomic E-state index is -0.0318. The predicted octanol–water partition coefficient (Wildman–Crippen LogP) is 1.26. The van der Waals surface area contributed by atoms with Crippen molar-refractivity contribution in [3.63, 3.8) is 0 Å². The molecule has 164 valence electrons. The molecule has 0 saturated carbocycles. The number of rotatable bonds is 5. The number of amides is 1. The first kappa shape index (κ1) is 23.9. The lowest BCUT2D eigenvalue weighted by atomic mass is 10.3. The van der Waals surface area contributed by atoms with Crippen molar-refractivity contribution in [1.29, 1.82) is 0 Å². The van der Waals surface area contributed by atoms with Crippen LogP contribution in [0.4, 0.5) is 0 Å². The lowest BCUT2D eigenvalue weighted by molar-refractivity contribution is 0.0657. The summed E-state index contributed by atoms with van der Waals surface area (Å²) < 4.78 is 5.23. The van der Waals surface area contributed by atoms with E-state index < -0.39 is 0 Å². The Balaban J connectivity index is 0.00000300. The molecule has 1 aromatic rings. The summed E-state index contributed by atoms with van der Waals surface area (Å²) in [6, 6.07) is 3.47. The standard InChI is InChI=1S/C20H34N6O2.HI/c1-21-20(22-7-4-9-24-10-5-8-23(2)11-12-24)26-15-13-25(14-16-26)19(27)18-6-3-17-28-18;/h3,6,17H,4-5,7-16H2,1-2H3,(H,21,22);1H. The van der Waals surface area contributed by atoms with Crippen LogP contribution in [0.1, 0.15) is 23.4 Å². The first-order chi connectivity index (χ1) is 13.7. The van der Waals surface area contributed by atoms with Crippen molar-refractivity contribution in [3.05, 3.63) is 24.2 Å². The van der Waals surface area contributed by atoms with Crippen LogP contribution in [-0.4, -0.2) is 111 Å². The molecule has 2 fully saturated rings. The van der Waals surface area contributed by atoms with E-state index in [9.17, 15) is 4.79 Å². The number of nitrogens with zero attached hydrogens (tertiary/aromatic N) is 5. The van der Waals surface area contributed by atoms with E-state index in [1.54, 1.807) is 18.4 Å². The molecule has 8 nitrogen and oxygen atoms in total. The summed E-state index contributed by atoms with van der Waals surface area (Å²) in [7, 11) is 4.03. The zero-order valence-electron chi connectivity index (χ0n) is 17.7. The number of nitrogens with one attached hydrogen (secondary N) is 1. The summed E-state index contributed by atoms with van der Waals surface area (Å²) in [6.07, 6.45) is 3.91. The number of aliphatic imine (C=N–C) groups is 1. The summed E-state index contributed by atoms with van der Waals surface area (Å²) >= 11 is 0. The molecule has 0 atom stereocenters. The van der Waals surface area contributed by atoms with Crippen molar-refractivity contribution in [2.75, 3.05) is 79.5 Å². The van der Waals surface area contributed by atoms with Crippen LogP contribution in [0.5, 0.6) is 0 Å². The molecule has 2 aliphatic heterocycles. The van der Waals surface area contributed by atoms with E-state index in [0.717, 1.165) is 51.6 Å². The third-order valence-electron chi connectivity index (χ3n) is 5.56. The largest absolute Gasteiger partial charge is 0.459 e. The zero-order valence-corrected chi connectivity index (χ0v) is 20.0. The molecular formula is C20H35IN6O2. The summed E-state index contributed by atoms with van der Waals surface area (Å²) in [5, 5.41) is 3.49. The van der Waals surface area contributed by atoms with Gasteiger partial charge in [0.15, 0.2) is 11.7 Å². The molecule has 3 heterocycles. The number of furan rings is 1. The fourth-order valence-electron chi connectivity index (χ4n) is 3.84. The summed E-state index contributed by atoms with van der Waals surface area (Å²) in [4.78, 5) is 25.9. The van der Waals surface area contributed by atoms with Crippen molar-refractivity contribution < 1.29 is 9.21 Å².